The number of nitrogens with one attached hydrogen (secondary N) is 1. The first-order valence-corrected chi connectivity index (χ1v) is 8.25. The molecule has 2 unspecified atom stereocenters. The summed E-state index contributed by atoms with van der Waals surface area (Å²) in [5.41, 5.74) is 0. The highest BCUT2D eigenvalue weighted by molar-refractivity contribution is 4.78. The molecule has 0 saturated carbocycles. The van der Waals surface area contributed by atoms with E-state index in [0.717, 1.165) is 12.6 Å². The topological polar surface area (TPSA) is 18.5 Å². The zero-order chi connectivity index (χ0) is 14.1. The first-order valence-electron chi connectivity index (χ1n) is 8.25. The lowest BCUT2D eigenvalue weighted by Crippen LogP contribution is -2.37. The summed E-state index contributed by atoms with van der Waals surface area (Å²) < 4.78 is 0. The van der Waals surface area contributed by atoms with E-state index >= 15 is 0 Å². The Labute approximate surface area is 120 Å². The third kappa shape index (κ3) is 7.28. The van der Waals surface area contributed by atoms with Crippen LogP contribution in [-0.2, 0) is 0 Å². The van der Waals surface area contributed by atoms with Crippen LogP contribution in [0.5, 0.6) is 0 Å². The molecule has 1 rings (SSSR count). The van der Waals surface area contributed by atoms with Gasteiger partial charge in [-0.1, -0.05) is 13.3 Å². The standard InChI is InChI=1S/C16H35N3/c1-5-11-17-15(2)9-6-7-12-18(3)14-16-10-8-13-19(16)4/h15-17H,5-14H2,1-4H3. The van der Waals surface area contributed by atoms with Gasteiger partial charge in [0.2, 0.25) is 0 Å². The van der Waals surface area contributed by atoms with Crippen molar-refractivity contribution in [3.8, 4) is 0 Å². The lowest BCUT2D eigenvalue weighted by Gasteiger charge is -2.25. The minimum atomic E-state index is 0.686. The summed E-state index contributed by atoms with van der Waals surface area (Å²) in [6, 6.07) is 1.49. The van der Waals surface area contributed by atoms with Crippen molar-refractivity contribution in [2.75, 3.05) is 40.3 Å². The molecular formula is C16H35N3. The quantitative estimate of drug-likeness (QED) is 0.615. The average Bonchev–Trinajstić information content (AvgIpc) is 2.78. The van der Waals surface area contributed by atoms with Gasteiger partial charge in [-0.05, 0) is 72.8 Å². The fourth-order valence-electron chi connectivity index (χ4n) is 2.99. The second kappa shape index (κ2) is 9.73. The number of hydrogen-bond acceptors (Lipinski definition) is 3. The van der Waals surface area contributed by atoms with E-state index in [0.29, 0.717) is 6.04 Å². The van der Waals surface area contributed by atoms with Crippen LogP contribution in [0.2, 0.25) is 0 Å². The molecule has 1 fully saturated rings. The van der Waals surface area contributed by atoms with Gasteiger partial charge < -0.3 is 15.1 Å². The minimum Gasteiger partial charge on any atom is -0.314 e. The molecule has 1 N–H and O–H groups in total. The maximum absolute atomic E-state index is 3.56. The number of likely N-dealkylation sites (tertiary alicyclic amines) is 1. The van der Waals surface area contributed by atoms with Crippen LogP contribution >= 0.6 is 0 Å². The molecule has 3 nitrogen and oxygen atoms in total. The molecule has 0 aromatic rings. The summed E-state index contributed by atoms with van der Waals surface area (Å²) in [6.45, 7) is 9.50. The van der Waals surface area contributed by atoms with Crippen LogP contribution in [-0.4, -0.2) is 62.2 Å². The maximum atomic E-state index is 3.56. The summed E-state index contributed by atoms with van der Waals surface area (Å²) in [6.07, 6.45) is 8.02. The predicted octanol–water partition coefficient (Wildman–Crippen LogP) is 2.57. The van der Waals surface area contributed by atoms with Crippen molar-refractivity contribution in [3.05, 3.63) is 0 Å². The Balaban J connectivity index is 1.99. The van der Waals surface area contributed by atoms with Gasteiger partial charge in [0.25, 0.3) is 0 Å². The predicted molar refractivity (Wildman–Crippen MR) is 84.8 cm³/mol. The molecule has 0 aromatic heterocycles. The Bertz CT molecular complexity index is 220. The minimum absolute atomic E-state index is 0.686. The molecule has 1 heterocycles. The number of rotatable bonds is 10. The summed E-state index contributed by atoms with van der Waals surface area (Å²) in [5, 5.41) is 3.56. The molecule has 3 heteroatoms. The largest absolute Gasteiger partial charge is 0.314 e. The van der Waals surface area contributed by atoms with Crippen LogP contribution in [0.25, 0.3) is 0 Å². The summed E-state index contributed by atoms with van der Waals surface area (Å²) >= 11 is 0. The number of unbranched alkanes of at least 4 members (excludes halogenated alkanes) is 1. The first kappa shape index (κ1) is 16.9. The summed E-state index contributed by atoms with van der Waals surface area (Å²) in [4.78, 5) is 5.05. The van der Waals surface area contributed by atoms with Crippen molar-refractivity contribution < 1.29 is 0 Å². The van der Waals surface area contributed by atoms with Gasteiger partial charge in [-0.25, -0.2) is 0 Å². The van der Waals surface area contributed by atoms with E-state index in [2.05, 4.69) is 43.1 Å². The van der Waals surface area contributed by atoms with Gasteiger partial charge in [0.05, 0.1) is 0 Å². The SMILES string of the molecule is CCCNC(C)CCCCN(C)CC1CCCN1C. The molecular weight excluding hydrogens is 234 g/mol. The zero-order valence-corrected chi connectivity index (χ0v) is 13.6. The molecule has 1 aliphatic heterocycles. The maximum Gasteiger partial charge on any atom is 0.0220 e. The van der Waals surface area contributed by atoms with Crippen molar-refractivity contribution in [2.24, 2.45) is 0 Å². The Morgan fingerprint density at radius 2 is 2.16 bits per heavy atom. The number of likely N-dealkylation sites (N-methyl/N-ethyl adjacent to an activating group) is 2. The van der Waals surface area contributed by atoms with Gasteiger partial charge in [0.1, 0.15) is 0 Å². The fourth-order valence-corrected chi connectivity index (χ4v) is 2.99. The molecule has 0 spiro atoms. The van der Waals surface area contributed by atoms with Crippen molar-refractivity contribution in [1.29, 1.82) is 0 Å². The molecule has 114 valence electrons. The highest BCUT2D eigenvalue weighted by Gasteiger charge is 2.21. The van der Waals surface area contributed by atoms with Crippen molar-refractivity contribution in [3.63, 3.8) is 0 Å². The van der Waals surface area contributed by atoms with Crippen LogP contribution in [0.15, 0.2) is 0 Å². The fraction of sp³-hybridized carbons (Fsp3) is 1.00. The third-order valence-corrected chi connectivity index (χ3v) is 4.36. The van der Waals surface area contributed by atoms with E-state index in [9.17, 15) is 0 Å². The van der Waals surface area contributed by atoms with E-state index in [4.69, 9.17) is 0 Å². The zero-order valence-electron chi connectivity index (χ0n) is 13.6. The summed E-state index contributed by atoms with van der Waals surface area (Å²) in [5.74, 6) is 0. The normalized spacial score (nSPS) is 22.3. The second-order valence-electron chi connectivity index (χ2n) is 6.39. The van der Waals surface area contributed by atoms with Gasteiger partial charge in [0, 0.05) is 18.6 Å². The summed E-state index contributed by atoms with van der Waals surface area (Å²) in [7, 11) is 4.55. The van der Waals surface area contributed by atoms with Gasteiger partial charge in [-0.2, -0.15) is 0 Å². The van der Waals surface area contributed by atoms with Crippen LogP contribution in [0.3, 0.4) is 0 Å². The van der Waals surface area contributed by atoms with E-state index in [1.165, 1.54) is 58.2 Å². The van der Waals surface area contributed by atoms with E-state index < -0.39 is 0 Å². The molecule has 19 heavy (non-hydrogen) atoms. The number of hydrogen-bond donors (Lipinski definition) is 1. The molecule has 0 amide bonds. The average molecular weight is 269 g/mol. The second-order valence-corrected chi connectivity index (χ2v) is 6.39. The third-order valence-electron chi connectivity index (χ3n) is 4.36. The molecule has 0 aromatic carbocycles. The van der Waals surface area contributed by atoms with E-state index in [-0.39, 0.29) is 0 Å². The van der Waals surface area contributed by atoms with Crippen LogP contribution in [0, 0.1) is 0 Å². The van der Waals surface area contributed by atoms with Gasteiger partial charge in [0.15, 0.2) is 0 Å². The van der Waals surface area contributed by atoms with Gasteiger partial charge in [-0.15, -0.1) is 0 Å². The van der Waals surface area contributed by atoms with Gasteiger partial charge in [-0.3, -0.25) is 0 Å². The van der Waals surface area contributed by atoms with Crippen LogP contribution in [0.4, 0.5) is 0 Å². The Hall–Kier alpha value is -0.120. The molecule has 1 aliphatic rings. The van der Waals surface area contributed by atoms with Crippen LogP contribution in [0.1, 0.15) is 52.4 Å². The molecule has 2 atom stereocenters. The first-order chi connectivity index (χ1) is 9.13. The Kier molecular flexibility index (Phi) is 8.67. The molecule has 0 bridgehead atoms. The van der Waals surface area contributed by atoms with Gasteiger partial charge >= 0.3 is 0 Å². The molecule has 0 radical (unpaired) electrons. The van der Waals surface area contributed by atoms with Crippen molar-refractivity contribution in [1.82, 2.24) is 15.1 Å². The Morgan fingerprint density at radius 3 is 2.79 bits per heavy atom. The molecule has 1 saturated heterocycles. The lowest BCUT2D eigenvalue weighted by molar-refractivity contribution is 0.217. The highest BCUT2D eigenvalue weighted by Crippen LogP contribution is 2.15. The van der Waals surface area contributed by atoms with E-state index in [1.807, 2.05) is 0 Å². The molecule has 0 aliphatic carbocycles. The van der Waals surface area contributed by atoms with Crippen molar-refractivity contribution >= 4 is 0 Å². The number of nitrogens with zero attached hydrogens (tertiary/aromatic N) is 2. The van der Waals surface area contributed by atoms with Crippen molar-refractivity contribution in [2.45, 2.75) is 64.5 Å². The lowest BCUT2D eigenvalue weighted by atomic mass is 10.1. The van der Waals surface area contributed by atoms with E-state index in [1.54, 1.807) is 0 Å². The Morgan fingerprint density at radius 1 is 1.37 bits per heavy atom. The smallest absolute Gasteiger partial charge is 0.0220 e. The highest BCUT2D eigenvalue weighted by atomic mass is 15.2. The monoisotopic (exact) mass is 269 g/mol. The van der Waals surface area contributed by atoms with Crippen LogP contribution < -0.4 is 5.32 Å².